The van der Waals surface area contributed by atoms with E-state index in [-0.39, 0.29) is 40.4 Å². The summed E-state index contributed by atoms with van der Waals surface area (Å²) in [7, 11) is 3.02. The monoisotopic (exact) mass is 812 g/mol. The zero-order valence-corrected chi connectivity index (χ0v) is 32.9. The van der Waals surface area contributed by atoms with Crippen molar-refractivity contribution in [3.05, 3.63) is 152 Å². The number of carbonyl (C=O) groups is 2. The lowest BCUT2D eigenvalue weighted by Crippen LogP contribution is -2.52. The lowest BCUT2D eigenvalue weighted by Gasteiger charge is -2.43. The van der Waals surface area contributed by atoms with Crippen molar-refractivity contribution < 1.29 is 38.4 Å². The standard InChI is InChI=1S/C43H42Cl2N4O8/c1-54-37-14-11-28(20-38(37)55-2)33(21-34-35(44)22-49(53)23-36(34)45)41-32(42(50)51)13-12-30(46-41)25-56-31-10-6-9-29(19-31)40(27-7-4-3-5-8-27)47-43(52)57-39-24-48-17-15-26(39)16-18-48/h3-14,19-20,22-23,26,33,39-40H,15-18,21,24-25H2,1-2H3,(H,47,52)(H,50,51)/t33?,39-,40-/m0/s1. The van der Waals surface area contributed by atoms with E-state index >= 15 is 0 Å². The maximum atomic E-state index is 13.4. The van der Waals surface area contributed by atoms with Gasteiger partial charge in [0.25, 0.3) is 0 Å². The van der Waals surface area contributed by atoms with Crippen LogP contribution in [-0.4, -0.2) is 67.0 Å². The molecule has 0 aliphatic carbocycles. The molecule has 14 heteroatoms. The number of methoxy groups -OCH3 is 2. The van der Waals surface area contributed by atoms with Gasteiger partial charge in [-0.25, -0.2) is 9.59 Å². The van der Waals surface area contributed by atoms with Gasteiger partial charge in [-0.1, -0.05) is 71.7 Å². The number of carboxylic acid groups (broad SMARTS) is 1. The second kappa shape index (κ2) is 17.7. The Morgan fingerprint density at radius 2 is 1.63 bits per heavy atom. The highest BCUT2D eigenvalue weighted by Gasteiger charge is 2.37. The number of nitrogens with zero attached hydrogens (tertiary/aromatic N) is 3. The molecule has 0 radical (unpaired) electrons. The fraction of sp³-hybridized carbons (Fsp3) is 0.302. The number of fused-ring (bicyclic) bond motifs is 3. The number of amides is 1. The minimum Gasteiger partial charge on any atom is -0.619 e. The molecule has 3 saturated heterocycles. The third kappa shape index (κ3) is 9.20. The van der Waals surface area contributed by atoms with Crippen molar-refractivity contribution in [2.75, 3.05) is 33.9 Å². The number of nitrogens with one attached hydrogen (secondary N) is 1. The summed E-state index contributed by atoms with van der Waals surface area (Å²) < 4.78 is 23.8. The molecule has 3 aliphatic heterocycles. The molecule has 0 spiro atoms. The van der Waals surface area contributed by atoms with Crippen LogP contribution >= 0.6 is 23.2 Å². The van der Waals surface area contributed by atoms with Crippen LogP contribution in [0.5, 0.6) is 17.2 Å². The molecular formula is C43H42Cl2N4O8. The fourth-order valence-electron chi connectivity index (χ4n) is 7.70. The number of aromatic nitrogens is 2. The van der Waals surface area contributed by atoms with Crippen molar-refractivity contribution in [3.8, 4) is 17.2 Å². The van der Waals surface area contributed by atoms with E-state index in [1.165, 1.54) is 32.7 Å². The van der Waals surface area contributed by atoms with Crippen molar-refractivity contribution in [3.63, 3.8) is 0 Å². The van der Waals surface area contributed by atoms with E-state index in [0.717, 1.165) is 43.6 Å². The molecule has 0 saturated carbocycles. The largest absolute Gasteiger partial charge is 0.619 e. The average molecular weight is 814 g/mol. The predicted molar refractivity (Wildman–Crippen MR) is 213 cm³/mol. The Balaban J connectivity index is 1.17. The number of carbonyl (C=O) groups excluding carboxylic acids is 1. The van der Waals surface area contributed by atoms with Gasteiger partial charge in [-0.2, -0.15) is 4.73 Å². The summed E-state index contributed by atoms with van der Waals surface area (Å²) in [4.78, 5) is 33.3. The summed E-state index contributed by atoms with van der Waals surface area (Å²) in [5.41, 5.74) is 3.38. The molecule has 3 fully saturated rings. The molecule has 2 N–H and O–H groups in total. The zero-order chi connectivity index (χ0) is 40.1. The highest BCUT2D eigenvalue weighted by Crippen LogP contribution is 2.38. The van der Waals surface area contributed by atoms with E-state index in [9.17, 15) is 19.9 Å². The number of ether oxygens (including phenoxy) is 4. The van der Waals surface area contributed by atoms with Crippen LogP contribution in [0.1, 0.15) is 68.8 Å². The van der Waals surface area contributed by atoms with Gasteiger partial charge in [-0.15, -0.1) is 0 Å². The minimum atomic E-state index is -1.18. The first kappa shape index (κ1) is 39.7. The van der Waals surface area contributed by atoms with Crippen LogP contribution in [0, 0.1) is 11.1 Å². The van der Waals surface area contributed by atoms with Gasteiger partial charge in [0.2, 0.25) is 0 Å². The van der Waals surface area contributed by atoms with Crippen LogP contribution in [-0.2, 0) is 17.8 Å². The average Bonchev–Trinajstić information content (AvgIpc) is 3.22. The SMILES string of the molecule is COc1ccc(C(Cc2c(Cl)c[n+]([O-])cc2Cl)c2nc(COc3cccc([C@@H](NC(=O)O[C@H]4CN5CCC4CC5)c4ccccc4)c3)ccc2C(=O)O)cc1OC. The molecule has 2 aromatic heterocycles. The maximum Gasteiger partial charge on any atom is 0.408 e. The van der Waals surface area contributed by atoms with Crippen LogP contribution in [0.3, 0.4) is 0 Å². The highest BCUT2D eigenvalue weighted by molar-refractivity contribution is 6.35. The number of benzene rings is 3. The number of carboxylic acids is 1. The lowest BCUT2D eigenvalue weighted by atomic mass is 9.86. The Bertz CT molecular complexity index is 2210. The van der Waals surface area contributed by atoms with Crippen LogP contribution < -0.4 is 24.3 Å². The van der Waals surface area contributed by atoms with Crippen LogP contribution in [0.15, 0.2) is 97.3 Å². The molecule has 3 atom stereocenters. The van der Waals surface area contributed by atoms with Crippen molar-refractivity contribution >= 4 is 35.3 Å². The Morgan fingerprint density at radius 1 is 0.912 bits per heavy atom. The maximum absolute atomic E-state index is 13.4. The molecule has 1 unspecified atom stereocenters. The molecule has 3 aromatic carbocycles. The first-order chi connectivity index (χ1) is 27.6. The fourth-order valence-corrected chi connectivity index (χ4v) is 8.29. The van der Waals surface area contributed by atoms with Crippen LogP contribution in [0.25, 0.3) is 0 Å². The molecule has 2 bridgehead atoms. The summed E-state index contributed by atoms with van der Waals surface area (Å²) in [5.74, 6) is -0.103. The lowest BCUT2D eigenvalue weighted by molar-refractivity contribution is -0.605. The van der Waals surface area contributed by atoms with Gasteiger partial charge in [0, 0.05) is 18.0 Å². The van der Waals surface area contributed by atoms with Gasteiger partial charge >= 0.3 is 12.1 Å². The number of pyridine rings is 2. The molecule has 8 rings (SSSR count). The van der Waals surface area contributed by atoms with Gasteiger partial charge in [-0.3, -0.25) is 9.88 Å². The van der Waals surface area contributed by atoms with Crippen molar-refractivity contribution in [1.82, 2.24) is 15.2 Å². The van der Waals surface area contributed by atoms with Gasteiger partial charge in [0.05, 0.1) is 37.2 Å². The second-order valence-corrected chi connectivity index (χ2v) is 14.9. The van der Waals surface area contributed by atoms with E-state index in [4.69, 9.17) is 47.1 Å². The topological polar surface area (TPSA) is 146 Å². The number of piperidine rings is 3. The summed E-state index contributed by atoms with van der Waals surface area (Å²) in [6.45, 7) is 2.84. The summed E-state index contributed by atoms with van der Waals surface area (Å²) in [5, 5.41) is 25.8. The second-order valence-electron chi connectivity index (χ2n) is 14.1. The van der Waals surface area contributed by atoms with E-state index in [0.29, 0.717) is 44.7 Å². The highest BCUT2D eigenvalue weighted by atomic mass is 35.5. The quantitative estimate of drug-likeness (QED) is 0.0849. The first-order valence-corrected chi connectivity index (χ1v) is 19.3. The minimum absolute atomic E-state index is 0.0108. The molecule has 1 amide bonds. The number of hydrogen-bond acceptors (Lipinski definition) is 9. The molecule has 3 aliphatic rings. The van der Waals surface area contributed by atoms with E-state index in [1.807, 2.05) is 48.5 Å². The Hall–Kier alpha value is -5.56. The van der Waals surface area contributed by atoms with Gasteiger partial charge in [0.15, 0.2) is 23.9 Å². The molecular weight excluding hydrogens is 771 g/mol. The summed E-state index contributed by atoms with van der Waals surface area (Å²) in [6, 6.07) is 24.9. The molecule has 57 heavy (non-hydrogen) atoms. The summed E-state index contributed by atoms with van der Waals surface area (Å²) >= 11 is 13.1. The number of rotatable bonds is 14. The Kier molecular flexibility index (Phi) is 12.3. The van der Waals surface area contributed by atoms with Gasteiger partial charge in [0.1, 0.15) is 28.5 Å². The zero-order valence-electron chi connectivity index (χ0n) is 31.4. The van der Waals surface area contributed by atoms with E-state index in [2.05, 4.69) is 10.2 Å². The number of halogens is 2. The smallest absolute Gasteiger partial charge is 0.408 e. The molecule has 296 valence electrons. The normalized spacial score (nSPS) is 18.3. The molecule has 5 aromatic rings. The van der Waals surface area contributed by atoms with Gasteiger partial charge < -0.3 is 34.6 Å². The molecule has 12 nitrogen and oxygen atoms in total. The summed E-state index contributed by atoms with van der Waals surface area (Å²) in [6.07, 6.45) is 3.94. The van der Waals surface area contributed by atoms with Gasteiger partial charge in [-0.05, 0) is 91.4 Å². The Morgan fingerprint density at radius 3 is 2.30 bits per heavy atom. The molecule has 5 heterocycles. The predicted octanol–water partition coefficient (Wildman–Crippen LogP) is 7.60. The van der Waals surface area contributed by atoms with Crippen LogP contribution in [0.2, 0.25) is 10.0 Å². The van der Waals surface area contributed by atoms with Crippen molar-refractivity contribution in [2.45, 2.75) is 43.9 Å². The van der Waals surface area contributed by atoms with Crippen molar-refractivity contribution in [2.24, 2.45) is 5.92 Å². The van der Waals surface area contributed by atoms with E-state index in [1.54, 1.807) is 30.3 Å². The number of aromatic carboxylic acids is 1. The third-order valence-corrected chi connectivity index (χ3v) is 11.3. The van der Waals surface area contributed by atoms with Crippen LogP contribution in [0.4, 0.5) is 4.79 Å². The first-order valence-electron chi connectivity index (χ1n) is 18.6. The number of hydrogen-bond donors (Lipinski definition) is 2. The third-order valence-electron chi connectivity index (χ3n) is 10.6. The van der Waals surface area contributed by atoms with E-state index < -0.39 is 24.0 Å². The Labute approximate surface area is 340 Å². The number of alkyl carbamates (subject to hydrolysis) is 1. The van der Waals surface area contributed by atoms with Crippen molar-refractivity contribution in [1.29, 1.82) is 0 Å².